The standard InChI is InChI=1S/C14H13Cl2N3O3/c1-7-11(13(20)18-4-2-3-10(18)14(21)22)19-6-8(15)5-9(16)12(19)17-7/h5-6,10H,2-4H2,1H3,(H,21,22). The van der Waals surface area contributed by atoms with E-state index >= 15 is 0 Å². The quantitative estimate of drug-likeness (QED) is 0.910. The molecule has 8 heteroatoms. The first kappa shape index (κ1) is 15.1. The number of carbonyl (C=O) groups is 2. The minimum Gasteiger partial charge on any atom is -0.480 e. The Morgan fingerprint density at radius 3 is 2.82 bits per heavy atom. The van der Waals surface area contributed by atoms with Crippen LogP contribution >= 0.6 is 23.2 Å². The fourth-order valence-corrected chi connectivity index (χ4v) is 3.36. The van der Waals surface area contributed by atoms with Crippen molar-refractivity contribution in [3.8, 4) is 0 Å². The lowest BCUT2D eigenvalue weighted by Crippen LogP contribution is -2.41. The van der Waals surface area contributed by atoms with E-state index in [1.807, 2.05) is 0 Å². The van der Waals surface area contributed by atoms with Gasteiger partial charge in [-0.25, -0.2) is 9.78 Å². The fraction of sp³-hybridized carbons (Fsp3) is 0.357. The number of aryl methyl sites for hydroxylation is 1. The molecule has 1 amide bonds. The normalized spacial score (nSPS) is 18.1. The smallest absolute Gasteiger partial charge is 0.326 e. The number of rotatable bonds is 2. The average molecular weight is 342 g/mol. The number of carboxylic acid groups (broad SMARTS) is 1. The van der Waals surface area contributed by atoms with E-state index in [9.17, 15) is 14.7 Å². The fourth-order valence-electron chi connectivity index (χ4n) is 2.85. The number of hydrogen-bond donors (Lipinski definition) is 1. The molecule has 0 bridgehead atoms. The molecule has 2 aromatic rings. The maximum atomic E-state index is 12.8. The van der Waals surface area contributed by atoms with Gasteiger partial charge in [0.15, 0.2) is 5.65 Å². The number of imidazole rings is 1. The Kier molecular flexibility index (Phi) is 3.74. The van der Waals surface area contributed by atoms with Crippen LogP contribution in [0.25, 0.3) is 5.65 Å². The highest BCUT2D eigenvalue weighted by Gasteiger charge is 2.36. The lowest BCUT2D eigenvalue weighted by molar-refractivity contribution is -0.141. The van der Waals surface area contributed by atoms with Gasteiger partial charge >= 0.3 is 5.97 Å². The van der Waals surface area contributed by atoms with E-state index in [2.05, 4.69) is 4.98 Å². The van der Waals surface area contributed by atoms with Crippen LogP contribution in [-0.4, -0.2) is 43.9 Å². The number of fused-ring (bicyclic) bond motifs is 1. The zero-order valence-corrected chi connectivity index (χ0v) is 13.2. The Hall–Kier alpha value is -1.79. The van der Waals surface area contributed by atoms with Crippen LogP contribution in [0.3, 0.4) is 0 Å². The Labute approximate surface area is 136 Å². The molecule has 0 saturated carbocycles. The van der Waals surface area contributed by atoms with Crippen LogP contribution in [0.15, 0.2) is 12.3 Å². The molecule has 1 atom stereocenters. The first-order valence-electron chi connectivity index (χ1n) is 6.77. The summed E-state index contributed by atoms with van der Waals surface area (Å²) >= 11 is 12.1. The van der Waals surface area contributed by atoms with Crippen LogP contribution in [0.2, 0.25) is 10.0 Å². The molecule has 1 saturated heterocycles. The van der Waals surface area contributed by atoms with Crippen molar-refractivity contribution in [3.05, 3.63) is 33.7 Å². The number of likely N-dealkylation sites (tertiary alicyclic amines) is 1. The summed E-state index contributed by atoms with van der Waals surface area (Å²) in [5, 5.41) is 9.96. The van der Waals surface area contributed by atoms with E-state index in [0.717, 1.165) is 0 Å². The molecule has 3 heterocycles. The molecule has 1 fully saturated rings. The molecule has 0 spiro atoms. The van der Waals surface area contributed by atoms with Gasteiger partial charge in [-0.15, -0.1) is 0 Å². The van der Waals surface area contributed by atoms with E-state index < -0.39 is 12.0 Å². The number of amides is 1. The second-order valence-corrected chi connectivity index (χ2v) is 6.08. The topological polar surface area (TPSA) is 74.9 Å². The molecular weight excluding hydrogens is 329 g/mol. The zero-order valence-electron chi connectivity index (χ0n) is 11.7. The number of carbonyl (C=O) groups excluding carboxylic acids is 1. The molecule has 2 aromatic heterocycles. The molecule has 6 nitrogen and oxygen atoms in total. The van der Waals surface area contributed by atoms with Crippen LogP contribution in [-0.2, 0) is 4.79 Å². The molecule has 1 unspecified atom stereocenters. The zero-order chi connectivity index (χ0) is 16.0. The summed E-state index contributed by atoms with van der Waals surface area (Å²) < 4.78 is 1.53. The van der Waals surface area contributed by atoms with E-state index in [0.29, 0.717) is 46.5 Å². The predicted molar refractivity (Wildman–Crippen MR) is 81.6 cm³/mol. The molecular formula is C14H13Cl2N3O3. The van der Waals surface area contributed by atoms with Gasteiger partial charge in [0, 0.05) is 12.7 Å². The molecule has 0 radical (unpaired) electrons. The van der Waals surface area contributed by atoms with Crippen molar-refractivity contribution in [2.45, 2.75) is 25.8 Å². The van der Waals surface area contributed by atoms with Crippen molar-refractivity contribution in [2.75, 3.05) is 6.54 Å². The second kappa shape index (κ2) is 5.44. The van der Waals surface area contributed by atoms with Gasteiger partial charge in [0.25, 0.3) is 5.91 Å². The summed E-state index contributed by atoms with van der Waals surface area (Å²) in [7, 11) is 0. The number of carboxylic acids is 1. The molecule has 0 aliphatic carbocycles. The largest absolute Gasteiger partial charge is 0.480 e. The van der Waals surface area contributed by atoms with E-state index in [1.165, 1.54) is 9.30 Å². The first-order valence-corrected chi connectivity index (χ1v) is 7.53. The first-order chi connectivity index (χ1) is 10.4. The highest BCUT2D eigenvalue weighted by Crippen LogP contribution is 2.27. The van der Waals surface area contributed by atoms with Gasteiger partial charge in [0.2, 0.25) is 0 Å². The second-order valence-electron chi connectivity index (χ2n) is 5.24. The number of halogens is 2. The summed E-state index contributed by atoms with van der Waals surface area (Å²) in [6.45, 7) is 2.10. The molecule has 1 aliphatic rings. The van der Waals surface area contributed by atoms with Crippen LogP contribution in [0.1, 0.15) is 29.0 Å². The van der Waals surface area contributed by atoms with Crippen molar-refractivity contribution in [1.29, 1.82) is 0 Å². The van der Waals surface area contributed by atoms with Crippen LogP contribution < -0.4 is 0 Å². The number of aromatic nitrogens is 2. The Morgan fingerprint density at radius 1 is 1.41 bits per heavy atom. The number of aliphatic carboxylic acids is 1. The summed E-state index contributed by atoms with van der Waals surface area (Å²) in [5.74, 6) is -1.36. The van der Waals surface area contributed by atoms with Crippen molar-refractivity contribution >= 4 is 40.7 Å². The van der Waals surface area contributed by atoms with Crippen LogP contribution in [0.4, 0.5) is 0 Å². The number of hydrogen-bond acceptors (Lipinski definition) is 3. The van der Waals surface area contributed by atoms with Gasteiger partial charge < -0.3 is 10.0 Å². The predicted octanol–water partition coefficient (Wildman–Crippen LogP) is 2.64. The van der Waals surface area contributed by atoms with Gasteiger partial charge in [-0.1, -0.05) is 23.2 Å². The third kappa shape index (κ3) is 2.32. The molecule has 3 rings (SSSR count). The van der Waals surface area contributed by atoms with Gasteiger partial charge in [0.05, 0.1) is 15.7 Å². The summed E-state index contributed by atoms with van der Waals surface area (Å²) in [6, 6.07) is 0.752. The third-order valence-corrected chi connectivity index (χ3v) is 4.30. The lowest BCUT2D eigenvalue weighted by Gasteiger charge is -2.21. The van der Waals surface area contributed by atoms with Gasteiger partial charge in [-0.3, -0.25) is 9.20 Å². The summed E-state index contributed by atoms with van der Waals surface area (Å²) in [5.41, 5.74) is 1.22. The van der Waals surface area contributed by atoms with Crippen molar-refractivity contribution < 1.29 is 14.7 Å². The molecule has 116 valence electrons. The lowest BCUT2D eigenvalue weighted by atomic mass is 10.2. The van der Waals surface area contributed by atoms with Crippen molar-refractivity contribution in [3.63, 3.8) is 0 Å². The number of pyridine rings is 1. The molecule has 0 aromatic carbocycles. The number of nitrogens with zero attached hydrogens (tertiary/aromatic N) is 3. The monoisotopic (exact) mass is 341 g/mol. The summed E-state index contributed by atoms with van der Waals surface area (Å²) in [6.07, 6.45) is 2.68. The minimum absolute atomic E-state index is 0.299. The maximum absolute atomic E-state index is 12.8. The SMILES string of the molecule is Cc1nc2c(Cl)cc(Cl)cn2c1C(=O)N1CCCC1C(=O)O. The third-order valence-electron chi connectivity index (χ3n) is 3.82. The molecule has 1 N–H and O–H groups in total. The Morgan fingerprint density at radius 2 is 2.14 bits per heavy atom. The van der Waals surface area contributed by atoms with Crippen LogP contribution in [0, 0.1) is 6.92 Å². The minimum atomic E-state index is -0.992. The molecule has 1 aliphatic heterocycles. The van der Waals surface area contributed by atoms with Crippen LogP contribution in [0.5, 0.6) is 0 Å². The van der Waals surface area contributed by atoms with Crippen molar-refractivity contribution in [1.82, 2.24) is 14.3 Å². The van der Waals surface area contributed by atoms with Crippen molar-refractivity contribution in [2.24, 2.45) is 0 Å². The highest BCUT2D eigenvalue weighted by molar-refractivity contribution is 6.36. The van der Waals surface area contributed by atoms with E-state index in [4.69, 9.17) is 23.2 Å². The Balaban J connectivity index is 2.12. The Bertz CT molecular complexity index is 787. The maximum Gasteiger partial charge on any atom is 0.326 e. The average Bonchev–Trinajstić information content (AvgIpc) is 3.02. The van der Waals surface area contributed by atoms with E-state index in [1.54, 1.807) is 19.2 Å². The highest BCUT2D eigenvalue weighted by atomic mass is 35.5. The van der Waals surface area contributed by atoms with Gasteiger partial charge in [-0.05, 0) is 25.8 Å². The van der Waals surface area contributed by atoms with Gasteiger partial charge in [0.1, 0.15) is 11.7 Å². The molecule has 22 heavy (non-hydrogen) atoms. The van der Waals surface area contributed by atoms with E-state index in [-0.39, 0.29) is 5.91 Å². The van der Waals surface area contributed by atoms with Gasteiger partial charge in [-0.2, -0.15) is 0 Å². The summed E-state index contributed by atoms with van der Waals surface area (Å²) in [4.78, 5) is 29.7.